The third-order valence-corrected chi connectivity index (χ3v) is 3.43. The molecule has 1 aliphatic heterocycles. The second-order valence-electron chi connectivity index (χ2n) is 4.73. The Morgan fingerprint density at radius 3 is 2.90 bits per heavy atom. The van der Waals surface area contributed by atoms with Gasteiger partial charge in [-0.25, -0.2) is 9.18 Å². The third-order valence-electron chi connectivity index (χ3n) is 3.43. The molecule has 0 aliphatic carbocycles. The molecular formula is C14H19FN2O4. The van der Waals surface area contributed by atoms with Crippen LogP contribution in [0.2, 0.25) is 0 Å². The van der Waals surface area contributed by atoms with Crippen LogP contribution in [0.15, 0.2) is 18.2 Å². The molecule has 2 rings (SSSR count). The molecule has 0 saturated carbocycles. The fourth-order valence-corrected chi connectivity index (χ4v) is 2.31. The Morgan fingerprint density at radius 1 is 1.57 bits per heavy atom. The summed E-state index contributed by atoms with van der Waals surface area (Å²) in [4.78, 5) is 13.8. The molecule has 21 heavy (non-hydrogen) atoms. The number of methoxy groups -OCH3 is 1. The largest absolute Gasteiger partial charge is 0.494 e. The van der Waals surface area contributed by atoms with Crippen molar-refractivity contribution in [3.05, 3.63) is 24.0 Å². The van der Waals surface area contributed by atoms with Gasteiger partial charge in [-0.05, 0) is 19.1 Å². The van der Waals surface area contributed by atoms with Gasteiger partial charge in [-0.2, -0.15) is 0 Å². The van der Waals surface area contributed by atoms with E-state index in [1.807, 2.05) is 6.92 Å². The summed E-state index contributed by atoms with van der Waals surface area (Å²) in [6.45, 7) is 2.74. The minimum Gasteiger partial charge on any atom is -0.494 e. The van der Waals surface area contributed by atoms with Gasteiger partial charge in [0.2, 0.25) is 0 Å². The zero-order valence-electron chi connectivity index (χ0n) is 12.0. The van der Waals surface area contributed by atoms with Gasteiger partial charge in [0.1, 0.15) is 11.6 Å². The van der Waals surface area contributed by atoms with E-state index < -0.39 is 18.0 Å². The van der Waals surface area contributed by atoms with E-state index >= 15 is 0 Å². The van der Waals surface area contributed by atoms with Gasteiger partial charge in [-0.3, -0.25) is 0 Å². The van der Waals surface area contributed by atoms with Gasteiger partial charge in [0.25, 0.3) is 0 Å². The second-order valence-corrected chi connectivity index (χ2v) is 4.73. The first kappa shape index (κ1) is 15.5. The number of benzene rings is 1. The van der Waals surface area contributed by atoms with Crippen molar-refractivity contribution in [2.24, 2.45) is 0 Å². The highest BCUT2D eigenvalue weighted by molar-refractivity contribution is 5.91. The predicted molar refractivity (Wildman–Crippen MR) is 75.0 cm³/mol. The topological polar surface area (TPSA) is 71.0 Å². The first-order valence-electron chi connectivity index (χ1n) is 6.73. The number of hydrogen-bond donors (Lipinski definition) is 2. The maximum absolute atomic E-state index is 13.1. The van der Waals surface area contributed by atoms with Crippen LogP contribution in [0.1, 0.15) is 6.92 Å². The first-order chi connectivity index (χ1) is 10.1. The normalized spacial score (nSPS) is 21.1. The van der Waals surface area contributed by atoms with E-state index in [2.05, 4.69) is 5.32 Å². The zero-order chi connectivity index (χ0) is 15.4. The van der Waals surface area contributed by atoms with Crippen molar-refractivity contribution in [1.82, 2.24) is 4.90 Å². The quantitative estimate of drug-likeness (QED) is 0.882. The summed E-state index contributed by atoms with van der Waals surface area (Å²) in [5.41, 5.74) is 0.371. The molecule has 2 atom stereocenters. The molecular weight excluding hydrogens is 279 g/mol. The van der Waals surface area contributed by atoms with Crippen LogP contribution in [0.25, 0.3) is 0 Å². The van der Waals surface area contributed by atoms with E-state index in [0.29, 0.717) is 18.8 Å². The standard InChI is InChI=1S/C14H19FN2O4/c1-3-17(11-7-21-8-12(11)18)14(19)16-10-5-4-9(15)6-13(10)20-2/h4-6,11-12,18H,3,7-8H2,1-2H3,(H,16,19)/t11-,12-/m1/s1. The molecule has 2 amide bonds. The number of amides is 2. The molecule has 1 fully saturated rings. The summed E-state index contributed by atoms with van der Waals surface area (Å²) in [6.07, 6.45) is -0.703. The monoisotopic (exact) mass is 298 g/mol. The molecule has 6 nitrogen and oxygen atoms in total. The molecule has 116 valence electrons. The SMILES string of the molecule is CCN(C(=O)Nc1ccc(F)cc1OC)[C@@H]1COC[C@H]1O. The average Bonchev–Trinajstić information content (AvgIpc) is 2.88. The number of carbonyl (C=O) groups excluding carboxylic acids is 1. The summed E-state index contributed by atoms with van der Waals surface area (Å²) in [6, 6.07) is 3.08. The van der Waals surface area contributed by atoms with Gasteiger partial charge >= 0.3 is 6.03 Å². The second kappa shape index (κ2) is 6.73. The van der Waals surface area contributed by atoms with Crippen molar-refractivity contribution in [3.8, 4) is 5.75 Å². The van der Waals surface area contributed by atoms with Gasteiger partial charge in [-0.15, -0.1) is 0 Å². The van der Waals surface area contributed by atoms with Gasteiger partial charge in [-0.1, -0.05) is 0 Å². The number of anilines is 1. The Balaban J connectivity index is 2.12. The van der Waals surface area contributed by atoms with Crippen LogP contribution in [0.3, 0.4) is 0 Å². The third kappa shape index (κ3) is 3.43. The van der Waals surface area contributed by atoms with Crippen molar-refractivity contribution in [1.29, 1.82) is 0 Å². The minimum atomic E-state index is -0.703. The van der Waals surface area contributed by atoms with E-state index in [-0.39, 0.29) is 18.4 Å². The van der Waals surface area contributed by atoms with Crippen molar-refractivity contribution >= 4 is 11.7 Å². The smallest absolute Gasteiger partial charge is 0.322 e. The highest BCUT2D eigenvalue weighted by Crippen LogP contribution is 2.25. The summed E-state index contributed by atoms with van der Waals surface area (Å²) in [5.74, 6) is -0.209. The Hall–Kier alpha value is -1.86. The van der Waals surface area contributed by atoms with Gasteiger partial charge in [0.05, 0.1) is 38.2 Å². The van der Waals surface area contributed by atoms with E-state index in [0.717, 1.165) is 0 Å². The average molecular weight is 298 g/mol. The fraction of sp³-hybridized carbons (Fsp3) is 0.500. The number of carbonyl (C=O) groups is 1. The lowest BCUT2D eigenvalue weighted by Gasteiger charge is -2.29. The molecule has 1 saturated heterocycles. The van der Waals surface area contributed by atoms with E-state index in [1.165, 1.54) is 30.2 Å². The molecule has 2 N–H and O–H groups in total. The van der Waals surface area contributed by atoms with Gasteiger partial charge in [0, 0.05) is 12.6 Å². The van der Waals surface area contributed by atoms with Crippen LogP contribution >= 0.6 is 0 Å². The first-order valence-corrected chi connectivity index (χ1v) is 6.73. The number of ether oxygens (including phenoxy) is 2. The highest BCUT2D eigenvalue weighted by Gasteiger charge is 2.33. The minimum absolute atomic E-state index is 0.217. The van der Waals surface area contributed by atoms with Crippen LogP contribution in [0.5, 0.6) is 5.75 Å². The molecule has 0 aromatic heterocycles. The molecule has 1 aliphatic rings. The molecule has 1 aromatic rings. The molecule has 7 heteroatoms. The van der Waals surface area contributed by atoms with Crippen LogP contribution in [0.4, 0.5) is 14.9 Å². The Bertz CT molecular complexity index is 512. The van der Waals surface area contributed by atoms with Gasteiger partial charge in [0.15, 0.2) is 0 Å². The number of urea groups is 1. The van der Waals surface area contributed by atoms with Crippen LogP contribution in [-0.2, 0) is 4.74 Å². The summed E-state index contributed by atoms with van der Waals surface area (Å²) < 4.78 is 23.3. The molecule has 1 aromatic carbocycles. The molecule has 0 bridgehead atoms. The van der Waals surface area contributed by atoms with Crippen LogP contribution < -0.4 is 10.1 Å². The number of aliphatic hydroxyl groups excluding tert-OH is 1. The maximum atomic E-state index is 13.1. The van der Waals surface area contributed by atoms with Crippen LogP contribution in [-0.4, -0.2) is 55.1 Å². The number of aliphatic hydroxyl groups is 1. The fourth-order valence-electron chi connectivity index (χ4n) is 2.31. The maximum Gasteiger partial charge on any atom is 0.322 e. The Labute approximate surface area is 122 Å². The van der Waals surface area contributed by atoms with Crippen LogP contribution in [0, 0.1) is 5.82 Å². The summed E-state index contributed by atoms with van der Waals surface area (Å²) in [5, 5.41) is 12.5. The number of rotatable bonds is 4. The lowest BCUT2D eigenvalue weighted by Crippen LogP contribution is -2.48. The van der Waals surface area contributed by atoms with E-state index in [4.69, 9.17) is 9.47 Å². The molecule has 0 unspecified atom stereocenters. The molecule has 0 radical (unpaired) electrons. The number of nitrogens with one attached hydrogen (secondary N) is 1. The van der Waals surface area contributed by atoms with E-state index in [9.17, 15) is 14.3 Å². The zero-order valence-corrected chi connectivity index (χ0v) is 12.0. The number of likely N-dealkylation sites (N-methyl/N-ethyl adjacent to an activating group) is 1. The predicted octanol–water partition coefficient (Wildman–Crippen LogP) is 1.45. The summed E-state index contributed by atoms with van der Waals surface area (Å²) in [7, 11) is 1.40. The summed E-state index contributed by atoms with van der Waals surface area (Å²) >= 11 is 0. The number of hydrogen-bond acceptors (Lipinski definition) is 4. The lowest BCUT2D eigenvalue weighted by atomic mass is 10.2. The molecule has 1 heterocycles. The highest BCUT2D eigenvalue weighted by atomic mass is 19.1. The van der Waals surface area contributed by atoms with Crippen molar-refractivity contribution in [3.63, 3.8) is 0 Å². The Morgan fingerprint density at radius 2 is 2.33 bits per heavy atom. The number of halogens is 1. The Kier molecular flexibility index (Phi) is 4.98. The molecule has 0 spiro atoms. The van der Waals surface area contributed by atoms with Crippen molar-refractivity contribution in [2.45, 2.75) is 19.1 Å². The number of nitrogens with zero attached hydrogens (tertiary/aromatic N) is 1. The van der Waals surface area contributed by atoms with Crippen molar-refractivity contribution < 1.29 is 23.8 Å². The van der Waals surface area contributed by atoms with Crippen molar-refractivity contribution in [2.75, 3.05) is 32.2 Å². The van der Waals surface area contributed by atoms with Gasteiger partial charge < -0.3 is 24.8 Å². The lowest BCUT2D eigenvalue weighted by molar-refractivity contribution is 0.1000. The van der Waals surface area contributed by atoms with E-state index in [1.54, 1.807) is 0 Å².